The van der Waals surface area contributed by atoms with E-state index in [-0.39, 0.29) is 24.3 Å². The van der Waals surface area contributed by atoms with Gasteiger partial charge in [0.1, 0.15) is 5.82 Å². The van der Waals surface area contributed by atoms with Gasteiger partial charge in [-0.1, -0.05) is 41.0 Å². The number of hydrogen-bond donors (Lipinski definition) is 2. The Morgan fingerprint density at radius 3 is 2.52 bits per heavy atom. The molecule has 2 N–H and O–H groups in total. The molecule has 1 heterocycles. The lowest BCUT2D eigenvalue weighted by molar-refractivity contribution is 0.0944. The standard InChI is InChI=1S/C17H19Cl2N3O2S/c1-17(2,24)9-21-15-10(8-20-16(22-15)25-3)7-13(23)14-11(18)5-4-6-12(14)19/h4-6,8,24H,7,9H2,1-3H3,(H,20,21,22). The molecule has 2 aromatic rings. The minimum Gasteiger partial charge on any atom is -0.389 e. The molecule has 0 unspecified atom stereocenters. The topological polar surface area (TPSA) is 75.1 Å². The van der Waals surface area contributed by atoms with E-state index in [1.54, 1.807) is 38.2 Å². The van der Waals surface area contributed by atoms with Crippen molar-refractivity contribution in [1.82, 2.24) is 9.97 Å². The molecule has 0 amide bonds. The highest BCUT2D eigenvalue weighted by atomic mass is 35.5. The van der Waals surface area contributed by atoms with Crippen LogP contribution in [0.15, 0.2) is 29.6 Å². The zero-order valence-electron chi connectivity index (χ0n) is 14.1. The van der Waals surface area contributed by atoms with Crippen molar-refractivity contribution in [2.24, 2.45) is 0 Å². The largest absolute Gasteiger partial charge is 0.389 e. The van der Waals surface area contributed by atoms with Gasteiger partial charge in [-0.3, -0.25) is 4.79 Å². The van der Waals surface area contributed by atoms with Crippen LogP contribution in [-0.2, 0) is 6.42 Å². The van der Waals surface area contributed by atoms with Crippen molar-refractivity contribution in [3.05, 3.63) is 45.6 Å². The average Bonchev–Trinajstić information content (AvgIpc) is 2.53. The fourth-order valence-electron chi connectivity index (χ4n) is 2.10. The number of nitrogens with one attached hydrogen (secondary N) is 1. The fraction of sp³-hybridized carbons (Fsp3) is 0.353. The Morgan fingerprint density at radius 1 is 1.32 bits per heavy atom. The quantitative estimate of drug-likeness (QED) is 0.414. The minimum atomic E-state index is -0.919. The van der Waals surface area contributed by atoms with E-state index >= 15 is 0 Å². The molecule has 2 rings (SSSR count). The number of benzene rings is 1. The summed E-state index contributed by atoms with van der Waals surface area (Å²) in [6.45, 7) is 3.65. The second-order valence-electron chi connectivity index (χ2n) is 6.09. The van der Waals surface area contributed by atoms with E-state index in [0.29, 0.717) is 26.6 Å². The van der Waals surface area contributed by atoms with Crippen LogP contribution in [0.4, 0.5) is 5.82 Å². The van der Waals surface area contributed by atoms with Crippen LogP contribution in [0.1, 0.15) is 29.8 Å². The number of ketones is 1. The lowest BCUT2D eigenvalue weighted by Crippen LogP contribution is -2.30. The van der Waals surface area contributed by atoms with Gasteiger partial charge in [0.2, 0.25) is 0 Å². The Balaban J connectivity index is 2.30. The first-order valence-corrected chi connectivity index (χ1v) is 9.52. The number of Topliss-reactive ketones (excluding diaryl/α,β-unsaturated/α-hetero) is 1. The molecule has 0 fully saturated rings. The van der Waals surface area contributed by atoms with Crippen LogP contribution in [0.5, 0.6) is 0 Å². The Bertz CT molecular complexity index is 759. The van der Waals surface area contributed by atoms with Gasteiger partial charge in [-0.05, 0) is 32.2 Å². The van der Waals surface area contributed by atoms with Gasteiger partial charge in [-0.15, -0.1) is 0 Å². The number of carbonyl (C=O) groups is 1. The molecule has 0 radical (unpaired) electrons. The number of hydrogen-bond acceptors (Lipinski definition) is 6. The third-order valence-corrected chi connectivity index (χ3v) is 4.50. The molecule has 0 aliphatic carbocycles. The molecule has 8 heteroatoms. The van der Waals surface area contributed by atoms with Crippen molar-refractivity contribution in [2.45, 2.75) is 31.0 Å². The van der Waals surface area contributed by atoms with E-state index in [2.05, 4.69) is 15.3 Å². The number of carbonyl (C=O) groups excluding carboxylic acids is 1. The summed E-state index contributed by atoms with van der Waals surface area (Å²) in [5.41, 5.74) is -0.0195. The number of halogens is 2. The minimum absolute atomic E-state index is 0.0479. The van der Waals surface area contributed by atoms with E-state index in [0.717, 1.165) is 0 Å². The Labute approximate surface area is 161 Å². The summed E-state index contributed by atoms with van der Waals surface area (Å²) in [7, 11) is 0. The van der Waals surface area contributed by atoms with Gasteiger partial charge in [0, 0.05) is 24.7 Å². The molecular formula is C17H19Cl2N3O2S. The highest BCUT2D eigenvalue weighted by molar-refractivity contribution is 7.98. The maximum atomic E-state index is 12.7. The Morgan fingerprint density at radius 2 is 1.96 bits per heavy atom. The SMILES string of the molecule is CSc1ncc(CC(=O)c2c(Cl)cccc2Cl)c(NCC(C)(C)O)n1. The molecule has 0 aliphatic heterocycles. The van der Waals surface area contributed by atoms with Crippen LogP contribution in [0.25, 0.3) is 0 Å². The first-order chi connectivity index (χ1) is 11.7. The van der Waals surface area contributed by atoms with Gasteiger partial charge >= 0.3 is 0 Å². The van der Waals surface area contributed by atoms with Crippen LogP contribution in [0.3, 0.4) is 0 Å². The maximum absolute atomic E-state index is 12.7. The number of nitrogens with zero attached hydrogens (tertiary/aromatic N) is 2. The Hall–Kier alpha value is -1.34. The smallest absolute Gasteiger partial charge is 0.189 e. The third-order valence-electron chi connectivity index (χ3n) is 3.31. The first-order valence-electron chi connectivity index (χ1n) is 7.54. The summed E-state index contributed by atoms with van der Waals surface area (Å²) in [6, 6.07) is 4.94. The molecule has 0 aliphatic rings. The molecule has 0 spiro atoms. The van der Waals surface area contributed by atoms with Crippen molar-refractivity contribution in [1.29, 1.82) is 0 Å². The van der Waals surface area contributed by atoms with Gasteiger partial charge < -0.3 is 10.4 Å². The summed E-state index contributed by atoms with van der Waals surface area (Å²) in [5, 5.41) is 14.2. The van der Waals surface area contributed by atoms with Crippen molar-refractivity contribution in [3.8, 4) is 0 Å². The van der Waals surface area contributed by atoms with Crippen molar-refractivity contribution < 1.29 is 9.90 Å². The van der Waals surface area contributed by atoms with Gasteiger partial charge in [0.15, 0.2) is 10.9 Å². The van der Waals surface area contributed by atoms with E-state index in [1.165, 1.54) is 11.8 Å². The van der Waals surface area contributed by atoms with E-state index in [1.807, 2.05) is 6.26 Å². The maximum Gasteiger partial charge on any atom is 0.189 e. The normalized spacial score (nSPS) is 11.4. The summed E-state index contributed by atoms with van der Waals surface area (Å²) in [5.74, 6) is 0.292. The predicted octanol–water partition coefficient (Wildman–Crippen LogP) is 4.11. The van der Waals surface area contributed by atoms with Gasteiger partial charge in [-0.25, -0.2) is 9.97 Å². The van der Waals surface area contributed by atoms with Crippen LogP contribution in [0.2, 0.25) is 10.0 Å². The van der Waals surface area contributed by atoms with Crippen LogP contribution in [-0.4, -0.2) is 39.3 Å². The molecule has 0 atom stereocenters. The second-order valence-corrected chi connectivity index (χ2v) is 7.68. The summed E-state index contributed by atoms with van der Waals surface area (Å²) < 4.78 is 0. The fourth-order valence-corrected chi connectivity index (χ4v) is 3.05. The second kappa shape index (κ2) is 8.36. The van der Waals surface area contributed by atoms with Crippen molar-refractivity contribution in [2.75, 3.05) is 18.1 Å². The molecule has 25 heavy (non-hydrogen) atoms. The number of rotatable bonds is 7. The molecule has 1 aromatic heterocycles. The number of thioether (sulfide) groups is 1. The van der Waals surface area contributed by atoms with E-state index in [4.69, 9.17) is 23.2 Å². The van der Waals surface area contributed by atoms with Crippen LogP contribution >= 0.6 is 35.0 Å². The Kier molecular flexibility index (Phi) is 6.68. The highest BCUT2D eigenvalue weighted by Crippen LogP contribution is 2.27. The van der Waals surface area contributed by atoms with Gasteiger partial charge in [0.05, 0.1) is 21.2 Å². The molecule has 5 nitrogen and oxygen atoms in total. The van der Waals surface area contributed by atoms with E-state index < -0.39 is 5.60 Å². The molecule has 0 bridgehead atoms. The molecule has 1 aromatic carbocycles. The van der Waals surface area contributed by atoms with Gasteiger partial charge in [-0.2, -0.15) is 0 Å². The number of anilines is 1. The average molecular weight is 400 g/mol. The monoisotopic (exact) mass is 399 g/mol. The molecule has 0 saturated heterocycles. The molecular weight excluding hydrogens is 381 g/mol. The van der Waals surface area contributed by atoms with Crippen molar-refractivity contribution in [3.63, 3.8) is 0 Å². The number of aromatic nitrogens is 2. The third kappa shape index (κ3) is 5.57. The summed E-state index contributed by atoms with van der Waals surface area (Å²) in [4.78, 5) is 21.3. The predicted molar refractivity (Wildman–Crippen MR) is 103 cm³/mol. The zero-order chi connectivity index (χ0) is 18.6. The van der Waals surface area contributed by atoms with Crippen LogP contribution in [0, 0.1) is 0 Å². The molecule has 0 saturated carbocycles. The van der Waals surface area contributed by atoms with Crippen molar-refractivity contribution >= 4 is 46.6 Å². The van der Waals surface area contributed by atoms with E-state index in [9.17, 15) is 9.90 Å². The summed E-state index contributed by atoms with van der Waals surface area (Å²) in [6.07, 6.45) is 3.52. The lowest BCUT2D eigenvalue weighted by atomic mass is 10.0. The summed E-state index contributed by atoms with van der Waals surface area (Å²) >= 11 is 13.6. The zero-order valence-corrected chi connectivity index (χ0v) is 16.5. The lowest BCUT2D eigenvalue weighted by Gasteiger charge is -2.19. The number of aliphatic hydroxyl groups is 1. The van der Waals surface area contributed by atoms with Crippen LogP contribution < -0.4 is 5.32 Å². The highest BCUT2D eigenvalue weighted by Gasteiger charge is 2.19. The first kappa shape index (κ1) is 20.0. The van der Waals surface area contributed by atoms with Gasteiger partial charge in [0.25, 0.3) is 0 Å². The molecule has 134 valence electrons.